The number of nitrogens with zero attached hydrogens (tertiary/aromatic N) is 8. The number of nitrogen functional groups attached to an aromatic ring is 1. The van der Waals surface area contributed by atoms with Crippen LogP contribution in [-0.4, -0.2) is 112 Å². The fourth-order valence-electron chi connectivity index (χ4n) is 8.36. The van der Waals surface area contributed by atoms with Gasteiger partial charge in [0.2, 0.25) is 11.8 Å². The summed E-state index contributed by atoms with van der Waals surface area (Å²) < 4.78 is 36.5. The minimum Gasteiger partial charge on any atom is -0.496 e. The number of piperazine rings is 1. The zero-order valence-corrected chi connectivity index (χ0v) is 34.8. The highest BCUT2D eigenvalue weighted by Crippen LogP contribution is 2.34. The van der Waals surface area contributed by atoms with Gasteiger partial charge in [0.25, 0.3) is 11.8 Å². The molecular formula is C45H44F2N12O5. The normalized spacial score (nSPS) is 17.0. The van der Waals surface area contributed by atoms with E-state index in [0.717, 1.165) is 63.1 Å². The Labute approximate surface area is 365 Å². The van der Waals surface area contributed by atoms with Gasteiger partial charge in [0.15, 0.2) is 5.65 Å². The second-order valence-electron chi connectivity index (χ2n) is 16.0. The van der Waals surface area contributed by atoms with Crippen LogP contribution in [-0.2, 0) is 16.1 Å². The molecule has 0 saturated carbocycles. The number of amides is 4. The van der Waals surface area contributed by atoms with Crippen LogP contribution in [0.3, 0.4) is 0 Å². The Balaban J connectivity index is 0.785. The number of benzene rings is 3. The number of imide groups is 1. The Hall–Kier alpha value is -7.54. The molecule has 0 radical (unpaired) electrons. The van der Waals surface area contributed by atoms with Crippen molar-refractivity contribution in [3.8, 4) is 22.7 Å². The lowest BCUT2D eigenvalue weighted by molar-refractivity contribution is -0.134. The summed E-state index contributed by atoms with van der Waals surface area (Å²) in [6.45, 7) is 5.79. The van der Waals surface area contributed by atoms with Crippen molar-refractivity contribution in [1.29, 1.82) is 0 Å². The van der Waals surface area contributed by atoms with Gasteiger partial charge in [-0.2, -0.15) is 5.10 Å². The quantitative estimate of drug-likeness (QED) is 0.130. The number of piperidine rings is 1. The first-order chi connectivity index (χ1) is 31.0. The number of carbonyl (C=O) groups is 4. The number of halogens is 2. The van der Waals surface area contributed by atoms with E-state index in [1.54, 1.807) is 23.0 Å². The Bertz CT molecular complexity index is 2750. The average molecular weight is 871 g/mol. The number of ether oxygens (including phenoxy) is 1. The predicted octanol–water partition coefficient (Wildman–Crippen LogP) is 3.47. The summed E-state index contributed by atoms with van der Waals surface area (Å²) in [6.07, 6.45) is 3.44. The number of rotatable bonds is 12. The molecule has 3 aromatic carbocycles. The Morgan fingerprint density at radius 3 is 2.39 bits per heavy atom. The zero-order chi connectivity index (χ0) is 44.5. The van der Waals surface area contributed by atoms with Gasteiger partial charge in [0.05, 0.1) is 41.3 Å². The maximum absolute atomic E-state index is 15.9. The predicted molar refractivity (Wildman–Crippen MR) is 233 cm³/mol. The van der Waals surface area contributed by atoms with E-state index in [1.165, 1.54) is 31.6 Å². The molecule has 0 spiro atoms. The topological polar surface area (TPSA) is 206 Å². The van der Waals surface area contributed by atoms with Crippen molar-refractivity contribution in [2.45, 2.75) is 25.4 Å². The van der Waals surface area contributed by atoms with Crippen LogP contribution < -0.4 is 36.2 Å². The lowest BCUT2D eigenvalue weighted by Crippen LogP contribution is -2.55. The van der Waals surface area contributed by atoms with Crippen molar-refractivity contribution in [2.75, 3.05) is 68.5 Å². The van der Waals surface area contributed by atoms with E-state index in [1.807, 2.05) is 41.3 Å². The summed E-state index contributed by atoms with van der Waals surface area (Å²) in [5, 5.41) is 13.0. The molecule has 4 amide bonds. The molecule has 0 bridgehead atoms. The number of hydrogen-bond donors (Lipinski definition) is 4. The number of pyridine rings is 1. The highest BCUT2D eigenvalue weighted by atomic mass is 19.1. The van der Waals surface area contributed by atoms with Crippen LogP contribution in [0.25, 0.3) is 28.0 Å². The minimum atomic E-state index is -0.764. The lowest BCUT2D eigenvalue weighted by atomic mass is 9.98. The van der Waals surface area contributed by atoms with E-state index in [0.29, 0.717) is 39.6 Å². The number of nitrogens with one attached hydrogen (secondary N) is 3. The molecule has 19 heteroatoms. The number of aromatic nitrogens is 5. The van der Waals surface area contributed by atoms with Gasteiger partial charge in [0, 0.05) is 76.3 Å². The van der Waals surface area contributed by atoms with E-state index in [4.69, 9.17) is 15.6 Å². The summed E-state index contributed by atoms with van der Waals surface area (Å²) in [4.78, 5) is 68.6. The smallest absolute Gasteiger partial charge is 0.270 e. The summed E-state index contributed by atoms with van der Waals surface area (Å²) in [6, 6.07) is 18.8. The first kappa shape index (κ1) is 41.8. The van der Waals surface area contributed by atoms with Crippen molar-refractivity contribution >= 4 is 51.9 Å². The third-order valence-corrected chi connectivity index (χ3v) is 11.8. The highest BCUT2D eigenvalue weighted by molar-refractivity contribution is 6.03. The summed E-state index contributed by atoms with van der Waals surface area (Å²) in [5.41, 5.74) is 10.9. The molecule has 3 aromatic heterocycles. The fourth-order valence-corrected chi connectivity index (χ4v) is 8.36. The Morgan fingerprint density at radius 2 is 1.67 bits per heavy atom. The molecule has 5 N–H and O–H groups in total. The third-order valence-electron chi connectivity index (χ3n) is 11.8. The van der Waals surface area contributed by atoms with Gasteiger partial charge in [-0.1, -0.05) is 24.3 Å². The maximum Gasteiger partial charge on any atom is 0.270 e. The van der Waals surface area contributed by atoms with E-state index >= 15 is 4.39 Å². The molecule has 1 unspecified atom stereocenters. The van der Waals surface area contributed by atoms with Crippen molar-refractivity contribution in [2.24, 2.45) is 5.92 Å². The number of hydrogen-bond acceptors (Lipinski definition) is 13. The molecule has 6 aromatic rings. The first-order valence-electron chi connectivity index (χ1n) is 20.8. The van der Waals surface area contributed by atoms with Crippen LogP contribution >= 0.6 is 0 Å². The number of anilines is 3. The van der Waals surface area contributed by atoms with E-state index in [2.05, 4.69) is 40.7 Å². The number of carbonyl (C=O) groups excluding carboxylic acids is 4. The summed E-state index contributed by atoms with van der Waals surface area (Å²) >= 11 is 0. The van der Waals surface area contributed by atoms with Gasteiger partial charge in [0.1, 0.15) is 47.0 Å². The van der Waals surface area contributed by atoms with Crippen molar-refractivity contribution in [3.63, 3.8) is 0 Å². The molecule has 1 atom stereocenters. The van der Waals surface area contributed by atoms with Crippen LogP contribution in [0.15, 0.2) is 85.3 Å². The van der Waals surface area contributed by atoms with Gasteiger partial charge in [-0.3, -0.25) is 29.4 Å². The van der Waals surface area contributed by atoms with E-state index in [-0.39, 0.29) is 53.9 Å². The van der Waals surface area contributed by atoms with Crippen LogP contribution in [0.1, 0.15) is 39.3 Å². The van der Waals surface area contributed by atoms with Gasteiger partial charge in [-0.15, -0.1) is 0 Å². The maximum atomic E-state index is 15.9. The molecule has 17 nitrogen and oxygen atoms in total. The van der Waals surface area contributed by atoms with Gasteiger partial charge >= 0.3 is 0 Å². The second-order valence-corrected chi connectivity index (χ2v) is 16.0. The molecule has 3 aliphatic heterocycles. The molecule has 3 saturated heterocycles. The van der Waals surface area contributed by atoms with Crippen LogP contribution in [0.2, 0.25) is 0 Å². The first-order valence-corrected chi connectivity index (χ1v) is 20.8. The molecule has 328 valence electrons. The van der Waals surface area contributed by atoms with E-state index < -0.39 is 29.6 Å². The van der Waals surface area contributed by atoms with Crippen LogP contribution in [0.4, 0.5) is 26.0 Å². The average Bonchev–Trinajstić information content (AvgIpc) is 3.69. The SMILES string of the molecule is COc1ccc(F)cc1C(=O)NCc1ccc(-c2nn(-c3ccc(N4CC(CN5CCN(c6ccc(C(=O)NC7CCC(=O)NC7=O)nc6)CC5)C4)c(F)c3)c3ncnc(N)c23)cc1. The van der Waals surface area contributed by atoms with Gasteiger partial charge in [-0.25, -0.2) is 28.4 Å². The van der Waals surface area contributed by atoms with Gasteiger partial charge < -0.3 is 30.9 Å². The molecule has 6 heterocycles. The molecular weight excluding hydrogens is 827 g/mol. The molecule has 0 aliphatic carbocycles. The van der Waals surface area contributed by atoms with Crippen molar-refractivity contribution in [3.05, 3.63) is 114 Å². The monoisotopic (exact) mass is 870 g/mol. The van der Waals surface area contributed by atoms with Crippen LogP contribution in [0, 0.1) is 17.6 Å². The zero-order valence-electron chi connectivity index (χ0n) is 34.8. The Morgan fingerprint density at radius 1 is 0.891 bits per heavy atom. The number of fused-ring (bicyclic) bond motifs is 1. The minimum absolute atomic E-state index is 0.0922. The number of methoxy groups -OCH3 is 1. The summed E-state index contributed by atoms with van der Waals surface area (Å²) in [5.74, 6) is -1.86. The van der Waals surface area contributed by atoms with Crippen LogP contribution in [0.5, 0.6) is 5.75 Å². The van der Waals surface area contributed by atoms with E-state index in [9.17, 15) is 23.6 Å². The largest absolute Gasteiger partial charge is 0.496 e. The fraction of sp³-hybridized carbons (Fsp3) is 0.289. The molecule has 9 rings (SSSR count). The second kappa shape index (κ2) is 17.7. The molecule has 3 aliphatic rings. The molecule has 64 heavy (non-hydrogen) atoms. The third kappa shape index (κ3) is 8.61. The molecule has 3 fully saturated rings. The lowest BCUT2D eigenvalue weighted by Gasteiger charge is -2.45. The standard InChI is InChI=1S/C45H44F2N12O5/c1-64-37-12-6-29(46)18-32(37)43(61)50-20-26-2-4-28(5-3-26)40-39-41(48)51-25-52-42(39)59(55-40)30-8-11-36(33(47)19-30)58-23-27(24-58)22-56-14-16-57(17-15-56)31-7-9-34(49-21-31)44(62)53-35-10-13-38(60)54-45(35)63/h2-9,11-12,18-19,21,25,27,35H,10,13-17,20,22-24H2,1H3,(H,50,61)(H,53,62)(H2,48,51,52)(H,54,60,63). The van der Waals surface area contributed by atoms with Crippen molar-refractivity contribution < 1.29 is 32.7 Å². The van der Waals surface area contributed by atoms with Crippen molar-refractivity contribution in [1.82, 2.24) is 45.6 Å². The van der Waals surface area contributed by atoms with Gasteiger partial charge in [-0.05, 0) is 54.4 Å². The number of nitrogens with two attached hydrogens (primary N) is 1. The highest BCUT2D eigenvalue weighted by Gasteiger charge is 2.32. The summed E-state index contributed by atoms with van der Waals surface area (Å²) in [7, 11) is 1.41. The Kier molecular flexibility index (Phi) is 11.5.